The van der Waals surface area contributed by atoms with Crippen molar-refractivity contribution in [1.29, 1.82) is 0 Å². The third-order valence-electron chi connectivity index (χ3n) is 4.13. The Morgan fingerprint density at radius 3 is 2.04 bits per heavy atom. The second-order valence-electron chi connectivity index (χ2n) is 7.50. The molecule has 2 rings (SSSR count). The monoisotopic (exact) mass is 388 g/mol. The summed E-state index contributed by atoms with van der Waals surface area (Å²) >= 11 is 0. The van der Waals surface area contributed by atoms with E-state index in [4.69, 9.17) is 0 Å². The first-order chi connectivity index (χ1) is 12.6. The van der Waals surface area contributed by atoms with Crippen molar-refractivity contribution in [2.24, 2.45) is 0 Å². The molecule has 146 valence electrons. The summed E-state index contributed by atoms with van der Waals surface area (Å²) in [6, 6.07) is 11.9. The lowest BCUT2D eigenvalue weighted by atomic mass is 10.0. The molecule has 0 fully saturated rings. The molecule has 0 aliphatic rings. The van der Waals surface area contributed by atoms with E-state index in [2.05, 4.69) is 10.0 Å². The molecule has 0 heterocycles. The van der Waals surface area contributed by atoms with Crippen molar-refractivity contribution in [3.05, 3.63) is 59.2 Å². The molecule has 2 aromatic carbocycles. The molecule has 0 atom stereocenters. The van der Waals surface area contributed by atoms with Crippen molar-refractivity contribution in [2.45, 2.75) is 57.9 Å². The van der Waals surface area contributed by atoms with Gasteiger partial charge in [-0.15, -0.1) is 0 Å². The number of sulfonamides is 1. The normalized spacial score (nSPS) is 11.9. The van der Waals surface area contributed by atoms with Crippen LogP contribution in [0.2, 0.25) is 0 Å². The van der Waals surface area contributed by atoms with Gasteiger partial charge in [0.2, 0.25) is 0 Å². The van der Waals surface area contributed by atoms with Gasteiger partial charge in [0.05, 0.1) is 10.6 Å². The molecule has 0 unspecified atom stereocenters. The summed E-state index contributed by atoms with van der Waals surface area (Å²) in [5, 5.41) is 2.85. The fraction of sp³-hybridized carbons (Fsp3) is 0.381. The predicted octanol–water partition coefficient (Wildman–Crippen LogP) is 4.14. The Kier molecular flexibility index (Phi) is 6.31. The van der Waals surface area contributed by atoms with Crippen LogP contribution >= 0.6 is 0 Å². The topological polar surface area (TPSA) is 75.3 Å². The van der Waals surface area contributed by atoms with Gasteiger partial charge in [-0.05, 0) is 62.9 Å². The van der Waals surface area contributed by atoms with Crippen molar-refractivity contribution in [3.63, 3.8) is 0 Å². The zero-order chi connectivity index (χ0) is 20.2. The average molecular weight is 389 g/mol. The molecule has 0 aliphatic carbocycles. The maximum absolute atomic E-state index is 13.0. The van der Waals surface area contributed by atoms with Crippen LogP contribution < -0.4 is 10.0 Å². The van der Waals surface area contributed by atoms with Crippen LogP contribution in [-0.4, -0.2) is 19.9 Å². The molecule has 0 radical (unpaired) electrons. The number of carbonyl (C=O) groups excluding carboxylic acids is 1. The minimum atomic E-state index is -3.81. The molecule has 0 spiro atoms. The Labute approximate surface area is 162 Å². The number of para-hydroxylation sites is 1. The Balaban J connectivity index is 2.39. The highest BCUT2D eigenvalue weighted by Crippen LogP contribution is 2.26. The molecule has 2 N–H and O–H groups in total. The van der Waals surface area contributed by atoms with Crippen LogP contribution in [0, 0.1) is 0 Å². The second kappa shape index (κ2) is 8.13. The smallest absolute Gasteiger partial charge is 0.261 e. The minimum absolute atomic E-state index is 0.0667. The maximum Gasteiger partial charge on any atom is 0.261 e. The number of aryl methyl sites for hydroxylation is 2. The van der Waals surface area contributed by atoms with Gasteiger partial charge in [-0.2, -0.15) is 0 Å². The van der Waals surface area contributed by atoms with E-state index >= 15 is 0 Å². The van der Waals surface area contributed by atoms with Crippen molar-refractivity contribution < 1.29 is 13.2 Å². The molecule has 0 bridgehead atoms. The van der Waals surface area contributed by atoms with Crippen LogP contribution in [0.3, 0.4) is 0 Å². The molecule has 0 aromatic heterocycles. The number of hydrogen-bond acceptors (Lipinski definition) is 3. The molecule has 0 aliphatic heterocycles. The zero-order valence-corrected chi connectivity index (χ0v) is 17.4. The van der Waals surface area contributed by atoms with Gasteiger partial charge in [-0.1, -0.05) is 38.1 Å². The van der Waals surface area contributed by atoms with Crippen LogP contribution in [0.25, 0.3) is 0 Å². The van der Waals surface area contributed by atoms with E-state index in [1.165, 1.54) is 12.1 Å². The largest absolute Gasteiger partial charge is 0.347 e. The molecular weight excluding hydrogens is 360 g/mol. The number of nitrogens with one attached hydrogen (secondary N) is 2. The summed E-state index contributed by atoms with van der Waals surface area (Å²) < 4.78 is 28.6. The Morgan fingerprint density at radius 1 is 0.963 bits per heavy atom. The van der Waals surface area contributed by atoms with Gasteiger partial charge in [-0.25, -0.2) is 8.42 Å². The van der Waals surface area contributed by atoms with Crippen molar-refractivity contribution in [2.75, 3.05) is 4.72 Å². The Morgan fingerprint density at radius 2 is 1.52 bits per heavy atom. The van der Waals surface area contributed by atoms with Gasteiger partial charge in [0.1, 0.15) is 0 Å². The minimum Gasteiger partial charge on any atom is -0.347 e. The highest BCUT2D eigenvalue weighted by Gasteiger charge is 2.21. The number of benzene rings is 2. The molecule has 6 heteroatoms. The lowest BCUT2D eigenvalue weighted by Gasteiger charge is -2.20. The zero-order valence-electron chi connectivity index (χ0n) is 16.6. The van der Waals surface area contributed by atoms with Gasteiger partial charge < -0.3 is 5.32 Å². The summed E-state index contributed by atoms with van der Waals surface area (Å²) in [6.07, 6.45) is 1.44. The fourth-order valence-electron chi connectivity index (χ4n) is 2.78. The van der Waals surface area contributed by atoms with Gasteiger partial charge in [0.15, 0.2) is 0 Å². The summed E-state index contributed by atoms with van der Waals surface area (Å²) in [6.45, 7) is 9.61. The predicted molar refractivity (Wildman–Crippen MR) is 110 cm³/mol. The molecule has 0 saturated carbocycles. The van der Waals surface area contributed by atoms with Gasteiger partial charge in [0.25, 0.3) is 15.9 Å². The number of carbonyl (C=O) groups is 1. The fourth-order valence-corrected chi connectivity index (χ4v) is 3.97. The van der Waals surface area contributed by atoms with Crippen LogP contribution in [0.4, 0.5) is 5.69 Å². The van der Waals surface area contributed by atoms with Crippen molar-refractivity contribution in [3.8, 4) is 0 Å². The number of rotatable bonds is 6. The first kappa shape index (κ1) is 21.0. The van der Waals surface area contributed by atoms with Crippen LogP contribution in [0.15, 0.2) is 47.4 Å². The number of anilines is 1. The average Bonchev–Trinajstić information content (AvgIpc) is 2.60. The van der Waals surface area contributed by atoms with Crippen LogP contribution in [-0.2, 0) is 22.9 Å². The maximum atomic E-state index is 13.0. The SMILES string of the molecule is CCc1cccc(CC)c1NS(=O)(=O)c1cccc(C(=O)NC(C)(C)C)c1. The van der Waals surface area contributed by atoms with Gasteiger partial charge in [-0.3, -0.25) is 9.52 Å². The standard InChI is InChI=1S/C21H28N2O3S/c1-6-15-10-8-11-16(7-2)19(15)23-27(25,26)18-13-9-12-17(14-18)20(24)22-21(3,4)5/h8-14,23H,6-7H2,1-5H3,(H,22,24). The van der Waals surface area contributed by atoms with E-state index in [1.807, 2.05) is 52.8 Å². The van der Waals surface area contributed by atoms with Gasteiger partial charge in [0, 0.05) is 11.1 Å². The molecule has 0 saturated heterocycles. The quantitative estimate of drug-likeness (QED) is 0.781. The summed E-state index contributed by atoms with van der Waals surface area (Å²) in [7, 11) is -3.81. The van der Waals surface area contributed by atoms with Crippen LogP contribution in [0.1, 0.15) is 56.1 Å². The third kappa shape index (κ3) is 5.32. The van der Waals surface area contributed by atoms with Crippen molar-refractivity contribution in [1.82, 2.24) is 5.32 Å². The second-order valence-corrected chi connectivity index (χ2v) is 9.18. The molecular formula is C21H28N2O3S. The molecule has 1 amide bonds. The highest BCUT2D eigenvalue weighted by molar-refractivity contribution is 7.92. The summed E-state index contributed by atoms with van der Waals surface area (Å²) in [4.78, 5) is 12.4. The highest BCUT2D eigenvalue weighted by atomic mass is 32.2. The number of amides is 1. The van der Waals surface area contributed by atoms with E-state index in [-0.39, 0.29) is 10.8 Å². The molecule has 27 heavy (non-hydrogen) atoms. The Hall–Kier alpha value is -2.34. The summed E-state index contributed by atoms with van der Waals surface area (Å²) in [5.74, 6) is -0.303. The Bertz CT molecular complexity index is 906. The molecule has 2 aromatic rings. The first-order valence-electron chi connectivity index (χ1n) is 9.13. The lowest BCUT2D eigenvalue weighted by molar-refractivity contribution is 0.0919. The van der Waals surface area contributed by atoms with Crippen LogP contribution in [0.5, 0.6) is 0 Å². The number of hydrogen-bond donors (Lipinski definition) is 2. The van der Waals surface area contributed by atoms with E-state index < -0.39 is 15.6 Å². The van der Waals surface area contributed by atoms with E-state index in [1.54, 1.807) is 12.1 Å². The lowest BCUT2D eigenvalue weighted by Crippen LogP contribution is -2.40. The van der Waals surface area contributed by atoms with E-state index in [0.717, 1.165) is 24.0 Å². The van der Waals surface area contributed by atoms with E-state index in [9.17, 15) is 13.2 Å². The van der Waals surface area contributed by atoms with Crippen molar-refractivity contribution >= 4 is 21.6 Å². The van der Waals surface area contributed by atoms with Gasteiger partial charge >= 0.3 is 0 Å². The first-order valence-corrected chi connectivity index (χ1v) is 10.6. The summed E-state index contributed by atoms with van der Waals surface area (Å²) in [5.41, 5.74) is 2.43. The third-order valence-corrected chi connectivity index (χ3v) is 5.48. The van der Waals surface area contributed by atoms with E-state index in [0.29, 0.717) is 11.3 Å². The molecule has 5 nitrogen and oxygen atoms in total.